The molecule has 1 heterocycles. The van der Waals surface area contributed by atoms with Crippen molar-refractivity contribution in [3.8, 4) is 0 Å². The monoisotopic (exact) mass is 248 g/mol. The summed E-state index contributed by atoms with van der Waals surface area (Å²) in [7, 11) is 0. The number of rotatable bonds is 5. The molecule has 0 aromatic carbocycles. The maximum Gasteiger partial charge on any atom is 0.220 e. The Morgan fingerprint density at radius 1 is 1.50 bits per heavy atom. The lowest BCUT2D eigenvalue weighted by atomic mass is 9.99. The number of carbonyl (C=O) groups is 1. The first-order chi connectivity index (χ1) is 7.18. The van der Waals surface area contributed by atoms with Crippen LogP contribution in [0.1, 0.15) is 39.5 Å². The van der Waals surface area contributed by atoms with E-state index in [0.717, 1.165) is 26.1 Å². The number of halogens is 1. The molecule has 1 rings (SSSR count). The molecule has 4 heteroatoms. The van der Waals surface area contributed by atoms with Crippen molar-refractivity contribution in [3.05, 3.63) is 0 Å². The quantitative estimate of drug-likeness (QED) is 0.781. The topological polar surface area (TPSA) is 41.1 Å². The van der Waals surface area contributed by atoms with Crippen molar-refractivity contribution in [1.29, 1.82) is 0 Å². The summed E-state index contributed by atoms with van der Waals surface area (Å²) in [6.45, 7) is 7.35. The van der Waals surface area contributed by atoms with E-state index in [-0.39, 0.29) is 18.3 Å². The van der Waals surface area contributed by atoms with Crippen molar-refractivity contribution in [2.45, 2.75) is 39.5 Å². The molecule has 3 nitrogen and oxygen atoms in total. The number of hydrogen-bond acceptors (Lipinski definition) is 2. The molecule has 16 heavy (non-hydrogen) atoms. The van der Waals surface area contributed by atoms with Crippen LogP contribution in [0.4, 0.5) is 0 Å². The van der Waals surface area contributed by atoms with Crippen LogP contribution in [0.25, 0.3) is 0 Å². The third-order valence-electron chi connectivity index (χ3n) is 2.94. The summed E-state index contributed by atoms with van der Waals surface area (Å²) in [5.74, 6) is 1.48. The summed E-state index contributed by atoms with van der Waals surface area (Å²) in [5.41, 5.74) is 0. The molecule has 1 atom stereocenters. The normalized spacial score (nSPS) is 20.3. The lowest BCUT2D eigenvalue weighted by Crippen LogP contribution is -2.38. The average Bonchev–Trinajstić information content (AvgIpc) is 2.25. The second-order valence-corrected chi connectivity index (χ2v) is 4.95. The van der Waals surface area contributed by atoms with Gasteiger partial charge in [-0.2, -0.15) is 0 Å². The Morgan fingerprint density at radius 3 is 2.81 bits per heavy atom. The largest absolute Gasteiger partial charge is 0.356 e. The number of nitrogens with one attached hydrogen (secondary N) is 2. The predicted octanol–water partition coefficient (Wildman–Crippen LogP) is 1.96. The first kappa shape index (κ1) is 15.7. The Kier molecular flexibility index (Phi) is 8.67. The fourth-order valence-electron chi connectivity index (χ4n) is 1.86. The van der Waals surface area contributed by atoms with Crippen molar-refractivity contribution in [1.82, 2.24) is 10.6 Å². The molecule has 0 saturated carbocycles. The van der Waals surface area contributed by atoms with E-state index in [4.69, 9.17) is 0 Å². The SMILES string of the molecule is CC(C)CCC(=O)NCC1CCCNC1.Cl. The fraction of sp³-hybridized carbons (Fsp3) is 0.917. The summed E-state index contributed by atoms with van der Waals surface area (Å²) >= 11 is 0. The number of hydrogen-bond donors (Lipinski definition) is 2. The van der Waals surface area contributed by atoms with Crippen molar-refractivity contribution in [2.75, 3.05) is 19.6 Å². The van der Waals surface area contributed by atoms with Crippen molar-refractivity contribution >= 4 is 18.3 Å². The summed E-state index contributed by atoms with van der Waals surface area (Å²) in [6, 6.07) is 0. The highest BCUT2D eigenvalue weighted by Gasteiger charge is 2.13. The van der Waals surface area contributed by atoms with Gasteiger partial charge in [0.1, 0.15) is 0 Å². The number of carbonyl (C=O) groups excluding carboxylic acids is 1. The van der Waals surface area contributed by atoms with Crippen molar-refractivity contribution < 1.29 is 4.79 Å². The number of piperidine rings is 1. The molecule has 1 fully saturated rings. The third kappa shape index (κ3) is 7.07. The van der Waals surface area contributed by atoms with Gasteiger partial charge in [0.05, 0.1) is 0 Å². The molecule has 0 spiro atoms. The molecular formula is C12H25ClN2O. The highest BCUT2D eigenvalue weighted by atomic mass is 35.5. The van der Waals surface area contributed by atoms with E-state index in [0.29, 0.717) is 18.3 Å². The van der Waals surface area contributed by atoms with Gasteiger partial charge in [-0.1, -0.05) is 13.8 Å². The summed E-state index contributed by atoms with van der Waals surface area (Å²) in [6.07, 6.45) is 4.16. The van der Waals surface area contributed by atoms with Crippen molar-refractivity contribution in [3.63, 3.8) is 0 Å². The molecule has 96 valence electrons. The molecule has 1 unspecified atom stereocenters. The summed E-state index contributed by atoms with van der Waals surface area (Å²) in [4.78, 5) is 11.5. The first-order valence-electron chi connectivity index (χ1n) is 6.16. The molecule has 1 saturated heterocycles. The molecule has 1 amide bonds. The molecule has 2 N–H and O–H groups in total. The van der Waals surface area contributed by atoms with Gasteiger partial charge in [0.25, 0.3) is 0 Å². The molecule has 0 aromatic heterocycles. The minimum absolute atomic E-state index is 0. The van der Waals surface area contributed by atoms with Gasteiger partial charge in [0, 0.05) is 13.0 Å². The maximum atomic E-state index is 11.5. The standard InChI is InChI=1S/C12H24N2O.ClH/c1-10(2)5-6-12(15)14-9-11-4-3-7-13-8-11;/h10-11,13H,3-9H2,1-2H3,(H,14,15);1H. The molecule has 1 aliphatic heterocycles. The smallest absolute Gasteiger partial charge is 0.220 e. The van der Waals surface area contributed by atoms with Gasteiger partial charge in [-0.05, 0) is 44.2 Å². The Hall–Kier alpha value is -0.280. The first-order valence-corrected chi connectivity index (χ1v) is 6.16. The second kappa shape index (κ2) is 8.82. The highest BCUT2D eigenvalue weighted by Crippen LogP contribution is 2.08. The Balaban J connectivity index is 0.00000225. The second-order valence-electron chi connectivity index (χ2n) is 4.95. The Labute approximate surface area is 105 Å². The van der Waals surface area contributed by atoms with Crippen LogP contribution in [0, 0.1) is 11.8 Å². The zero-order valence-corrected chi connectivity index (χ0v) is 11.2. The van der Waals surface area contributed by atoms with Gasteiger partial charge in [0.15, 0.2) is 0 Å². The minimum Gasteiger partial charge on any atom is -0.356 e. The summed E-state index contributed by atoms with van der Waals surface area (Å²) < 4.78 is 0. The van der Waals surface area contributed by atoms with Crippen LogP contribution in [-0.4, -0.2) is 25.5 Å². The van der Waals surface area contributed by atoms with E-state index in [1.54, 1.807) is 0 Å². The van der Waals surface area contributed by atoms with Gasteiger partial charge in [0.2, 0.25) is 5.91 Å². The Morgan fingerprint density at radius 2 is 2.25 bits per heavy atom. The van der Waals surface area contributed by atoms with E-state index in [2.05, 4.69) is 24.5 Å². The van der Waals surface area contributed by atoms with Crippen LogP contribution in [0.3, 0.4) is 0 Å². The maximum absolute atomic E-state index is 11.5. The zero-order valence-electron chi connectivity index (χ0n) is 10.4. The average molecular weight is 249 g/mol. The van der Waals surface area contributed by atoms with Crippen LogP contribution >= 0.6 is 12.4 Å². The fourth-order valence-corrected chi connectivity index (χ4v) is 1.86. The lowest BCUT2D eigenvalue weighted by molar-refractivity contribution is -0.121. The van der Waals surface area contributed by atoms with E-state index in [1.807, 2.05) is 0 Å². The van der Waals surface area contributed by atoms with Crippen LogP contribution in [0.2, 0.25) is 0 Å². The van der Waals surface area contributed by atoms with Gasteiger partial charge in [-0.15, -0.1) is 12.4 Å². The van der Waals surface area contributed by atoms with Gasteiger partial charge < -0.3 is 10.6 Å². The molecule has 0 aromatic rings. The molecule has 0 aliphatic carbocycles. The number of amides is 1. The zero-order chi connectivity index (χ0) is 11.1. The molecule has 1 aliphatic rings. The van der Waals surface area contributed by atoms with Gasteiger partial charge in [-0.3, -0.25) is 4.79 Å². The van der Waals surface area contributed by atoms with Gasteiger partial charge >= 0.3 is 0 Å². The molecular weight excluding hydrogens is 224 g/mol. The van der Waals surface area contributed by atoms with Crippen LogP contribution in [0.5, 0.6) is 0 Å². The van der Waals surface area contributed by atoms with Gasteiger partial charge in [-0.25, -0.2) is 0 Å². The highest BCUT2D eigenvalue weighted by molar-refractivity contribution is 5.85. The van der Waals surface area contributed by atoms with E-state index < -0.39 is 0 Å². The molecule has 0 bridgehead atoms. The third-order valence-corrected chi connectivity index (χ3v) is 2.94. The van der Waals surface area contributed by atoms with Crippen molar-refractivity contribution in [2.24, 2.45) is 11.8 Å². The van der Waals surface area contributed by atoms with Crippen LogP contribution in [0.15, 0.2) is 0 Å². The minimum atomic E-state index is 0. The lowest BCUT2D eigenvalue weighted by Gasteiger charge is -2.22. The van der Waals surface area contributed by atoms with E-state index in [1.165, 1.54) is 12.8 Å². The van der Waals surface area contributed by atoms with Crippen LogP contribution in [-0.2, 0) is 4.79 Å². The van der Waals surface area contributed by atoms with Crippen LogP contribution < -0.4 is 10.6 Å². The summed E-state index contributed by atoms with van der Waals surface area (Å²) in [5, 5.41) is 6.39. The molecule has 0 radical (unpaired) electrons. The predicted molar refractivity (Wildman–Crippen MR) is 69.9 cm³/mol. The Bertz CT molecular complexity index is 191. The van der Waals surface area contributed by atoms with E-state index >= 15 is 0 Å². The van der Waals surface area contributed by atoms with E-state index in [9.17, 15) is 4.79 Å².